The predicted octanol–water partition coefficient (Wildman–Crippen LogP) is 4.04. The fraction of sp³-hybridized carbons (Fsp3) is 0.250. The third kappa shape index (κ3) is 3.66. The van der Waals surface area contributed by atoms with Gasteiger partial charge in [-0.2, -0.15) is 0 Å². The van der Waals surface area contributed by atoms with Gasteiger partial charge < -0.3 is 14.6 Å². The fourth-order valence-corrected chi connectivity index (χ4v) is 2.77. The summed E-state index contributed by atoms with van der Waals surface area (Å²) < 4.78 is 7.48. The van der Waals surface area contributed by atoms with E-state index < -0.39 is 0 Å². The van der Waals surface area contributed by atoms with E-state index in [1.54, 1.807) is 19.6 Å². The molecule has 0 aliphatic rings. The maximum Gasteiger partial charge on any atom is 0.123 e. The van der Waals surface area contributed by atoms with Gasteiger partial charge in [0, 0.05) is 36.2 Å². The van der Waals surface area contributed by atoms with Crippen molar-refractivity contribution in [2.45, 2.75) is 26.4 Å². The van der Waals surface area contributed by atoms with Gasteiger partial charge >= 0.3 is 0 Å². The molecule has 3 aromatic rings. The highest BCUT2D eigenvalue weighted by atomic mass is 16.5. The maximum atomic E-state index is 5.48. The SMILES string of the molecule is COc1ccc(C)cc1C(C)NCc1ccc(-n2ccnc2)cc1. The van der Waals surface area contributed by atoms with E-state index in [-0.39, 0.29) is 6.04 Å². The van der Waals surface area contributed by atoms with Crippen LogP contribution in [0.5, 0.6) is 5.75 Å². The van der Waals surface area contributed by atoms with Crippen molar-refractivity contribution in [3.05, 3.63) is 77.9 Å². The summed E-state index contributed by atoms with van der Waals surface area (Å²) in [5.41, 5.74) is 4.79. The van der Waals surface area contributed by atoms with Gasteiger partial charge in [-0.3, -0.25) is 0 Å². The third-order valence-electron chi connectivity index (χ3n) is 4.20. The number of aryl methyl sites for hydroxylation is 1. The van der Waals surface area contributed by atoms with Crippen molar-refractivity contribution >= 4 is 0 Å². The zero-order valence-electron chi connectivity index (χ0n) is 14.4. The Morgan fingerprint density at radius 3 is 2.62 bits per heavy atom. The Morgan fingerprint density at radius 1 is 1.17 bits per heavy atom. The molecule has 0 saturated heterocycles. The Balaban J connectivity index is 1.66. The van der Waals surface area contributed by atoms with E-state index >= 15 is 0 Å². The van der Waals surface area contributed by atoms with Gasteiger partial charge in [0.05, 0.1) is 13.4 Å². The number of rotatable bonds is 6. The lowest BCUT2D eigenvalue weighted by Gasteiger charge is -2.18. The molecule has 0 spiro atoms. The quantitative estimate of drug-likeness (QED) is 0.745. The monoisotopic (exact) mass is 321 g/mol. The van der Waals surface area contributed by atoms with Gasteiger partial charge in [0.25, 0.3) is 0 Å². The fourth-order valence-electron chi connectivity index (χ4n) is 2.77. The molecule has 0 aliphatic heterocycles. The molecule has 3 rings (SSSR count). The number of imidazole rings is 1. The summed E-state index contributed by atoms with van der Waals surface area (Å²) in [7, 11) is 1.72. The normalized spacial score (nSPS) is 12.1. The Hall–Kier alpha value is -2.59. The van der Waals surface area contributed by atoms with E-state index in [9.17, 15) is 0 Å². The van der Waals surface area contributed by atoms with Crippen molar-refractivity contribution in [2.24, 2.45) is 0 Å². The van der Waals surface area contributed by atoms with Crippen molar-refractivity contribution in [1.29, 1.82) is 0 Å². The Morgan fingerprint density at radius 2 is 1.96 bits per heavy atom. The first-order valence-electron chi connectivity index (χ1n) is 8.12. The summed E-state index contributed by atoms with van der Waals surface area (Å²) in [5, 5.41) is 3.57. The molecule has 0 bridgehead atoms. The first-order valence-corrected chi connectivity index (χ1v) is 8.12. The number of ether oxygens (including phenoxy) is 1. The van der Waals surface area contributed by atoms with Crippen molar-refractivity contribution in [1.82, 2.24) is 14.9 Å². The Labute approximate surface area is 143 Å². The minimum absolute atomic E-state index is 0.216. The van der Waals surface area contributed by atoms with E-state index in [2.05, 4.69) is 60.5 Å². The number of hydrogen-bond acceptors (Lipinski definition) is 3. The lowest BCUT2D eigenvalue weighted by molar-refractivity contribution is 0.401. The molecule has 24 heavy (non-hydrogen) atoms. The zero-order chi connectivity index (χ0) is 16.9. The zero-order valence-corrected chi connectivity index (χ0v) is 14.4. The first-order chi connectivity index (χ1) is 11.7. The van der Waals surface area contributed by atoms with Crippen LogP contribution in [0.25, 0.3) is 5.69 Å². The average Bonchev–Trinajstić information content (AvgIpc) is 3.14. The van der Waals surface area contributed by atoms with E-state index in [1.807, 2.05) is 16.8 Å². The van der Waals surface area contributed by atoms with Crippen molar-refractivity contribution < 1.29 is 4.74 Å². The van der Waals surface area contributed by atoms with Crippen molar-refractivity contribution in [2.75, 3.05) is 7.11 Å². The predicted molar refractivity (Wildman–Crippen MR) is 96.5 cm³/mol. The van der Waals surface area contributed by atoms with Crippen LogP contribution >= 0.6 is 0 Å². The molecule has 0 fully saturated rings. The second-order valence-corrected chi connectivity index (χ2v) is 5.98. The van der Waals surface area contributed by atoms with Gasteiger partial charge in [-0.05, 0) is 37.6 Å². The molecule has 2 aromatic carbocycles. The largest absolute Gasteiger partial charge is 0.496 e. The highest BCUT2D eigenvalue weighted by molar-refractivity contribution is 5.39. The summed E-state index contributed by atoms with van der Waals surface area (Å²) >= 11 is 0. The van der Waals surface area contributed by atoms with E-state index in [4.69, 9.17) is 4.74 Å². The van der Waals surface area contributed by atoms with Gasteiger partial charge in [-0.15, -0.1) is 0 Å². The Kier molecular flexibility index (Phi) is 4.96. The van der Waals surface area contributed by atoms with Gasteiger partial charge in [-0.25, -0.2) is 4.98 Å². The second kappa shape index (κ2) is 7.32. The van der Waals surface area contributed by atoms with Crippen LogP contribution in [-0.2, 0) is 6.54 Å². The number of nitrogens with one attached hydrogen (secondary N) is 1. The summed E-state index contributed by atoms with van der Waals surface area (Å²) in [5.74, 6) is 0.927. The molecule has 0 aliphatic carbocycles. The highest BCUT2D eigenvalue weighted by Crippen LogP contribution is 2.26. The van der Waals surface area contributed by atoms with Gasteiger partial charge in [0.2, 0.25) is 0 Å². The van der Waals surface area contributed by atoms with Crippen LogP contribution in [0.4, 0.5) is 0 Å². The van der Waals surface area contributed by atoms with Gasteiger partial charge in [0.15, 0.2) is 0 Å². The molecule has 4 nitrogen and oxygen atoms in total. The lowest BCUT2D eigenvalue weighted by atomic mass is 10.0. The number of hydrogen-bond donors (Lipinski definition) is 1. The summed E-state index contributed by atoms with van der Waals surface area (Å²) in [6, 6.07) is 15.0. The molecule has 1 N–H and O–H groups in total. The molecule has 1 aromatic heterocycles. The molecule has 0 saturated carbocycles. The molecule has 0 amide bonds. The smallest absolute Gasteiger partial charge is 0.123 e. The number of methoxy groups -OCH3 is 1. The summed E-state index contributed by atoms with van der Waals surface area (Å²) in [6.45, 7) is 5.07. The van der Waals surface area contributed by atoms with Crippen LogP contribution in [0.3, 0.4) is 0 Å². The van der Waals surface area contributed by atoms with Gasteiger partial charge in [-0.1, -0.05) is 29.8 Å². The van der Waals surface area contributed by atoms with Crippen molar-refractivity contribution in [3.8, 4) is 11.4 Å². The van der Waals surface area contributed by atoms with Crippen LogP contribution in [0.1, 0.15) is 29.7 Å². The topological polar surface area (TPSA) is 39.1 Å². The number of nitrogens with zero attached hydrogens (tertiary/aromatic N) is 2. The number of benzene rings is 2. The molecule has 4 heteroatoms. The molecule has 1 heterocycles. The van der Waals surface area contributed by atoms with E-state index in [0.29, 0.717) is 0 Å². The highest BCUT2D eigenvalue weighted by Gasteiger charge is 2.11. The molecular formula is C20H23N3O. The Bertz CT molecular complexity index is 779. The maximum absolute atomic E-state index is 5.48. The number of aromatic nitrogens is 2. The van der Waals surface area contributed by atoms with Crippen LogP contribution in [0.2, 0.25) is 0 Å². The molecular weight excluding hydrogens is 298 g/mol. The summed E-state index contributed by atoms with van der Waals surface area (Å²) in [6.07, 6.45) is 5.53. The van der Waals surface area contributed by atoms with Crippen LogP contribution in [-0.4, -0.2) is 16.7 Å². The first kappa shape index (κ1) is 16.3. The molecule has 124 valence electrons. The molecule has 1 unspecified atom stereocenters. The van der Waals surface area contributed by atoms with Crippen LogP contribution in [0.15, 0.2) is 61.2 Å². The lowest BCUT2D eigenvalue weighted by Crippen LogP contribution is -2.18. The van der Waals surface area contributed by atoms with Gasteiger partial charge in [0.1, 0.15) is 5.75 Å². The van der Waals surface area contributed by atoms with Crippen molar-refractivity contribution in [3.63, 3.8) is 0 Å². The standard InChI is InChI=1S/C20H23N3O/c1-15-4-9-20(24-3)19(12-15)16(2)22-13-17-5-7-18(8-6-17)23-11-10-21-14-23/h4-12,14,16,22H,13H2,1-3H3. The molecule has 1 atom stereocenters. The second-order valence-electron chi connectivity index (χ2n) is 5.98. The van der Waals surface area contributed by atoms with Crippen LogP contribution < -0.4 is 10.1 Å². The van der Waals surface area contributed by atoms with Crippen LogP contribution in [0, 0.1) is 6.92 Å². The molecule has 0 radical (unpaired) electrons. The minimum Gasteiger partial charge on any atom is -0.496 e. The van der Waals surface area contributed by atoms with E-state index in [1.165, 1.54) is 16.7 Å². The third-order valence-corrected chi connectivity index (χ3v) is 4.20. The summed E-state index contributed by atoms with van der Waals surface area (Å²) in [4.78, 5) is 4.08. The average molecular weight is 321 g/mol. The minimum atomic E-state index is 0.216. The van der Waals surface area contributed by atoms with E-state index in [0.717, 1.165) is 18.0 Å².